The lowest BCUT2D eigenvalue weighted by Crippen LogP contribution is -2.18. The maximum absolute atomic E-state index is 12.8. The Morgan fingerprint density at radius 1 is 1.15 bits per heavy atom. The Labute approximate surface area is 157 Å². The number of nitrogens with one attached hydrogen (secondary N) is 2. The number of aryl methyl sites for hydroxylation is 1. The normalized spacial score (nSPS) is 11.7. The molecule has 0 saturated carbocycles. The van der Waals surface area contributed by atoms with E-state index in [0.29, 0.717) is 11.3 Å². The van der Waals surface area contributed by atoms with Crippen molar-refractivity contribution in [2.75, 3.05) is 16.3 Å². The number of amides is 1. The number of anilines is 2. The topological polar surface area (TPSA) is 105 Å². The van der Waals surface area contributed by atoms with Gasteiger partial charge in [-0.2, -0.15) is 0 Å². The minimum absolute atomic E-state index is 0.174. The van der Waals surface area contributed by atoms with Gasteiger partial charge in [-0.25, -0.2) is 8.42 Å². The largest absolute Gasteiger partial charge is 0.321 e. The number of hydrogen-bond acceptors (Lipinski definition) is 5. The van der Waals surface area contributed by atoms with Gasteiger partial charge in [0.1, 0.15) is 5.82 Å². The second kappa shape index (κ2) is 6.99. The number of hydrogen-bond donors (Lipinski definition) is 2. The zero-order valence-corrected chi connectivity index (χ0v) is 16.3. The van der Waals surface area contributed by atoms with Gasteiger partial charge in [0, 0.05) is 12.1 Å². The minimum atomic E-state index is -3.51. The van der Waals surface area contributed by atoms with Crippen molar-refractivity contribution in [2.24, 2.45) is 0 Å². The number of rotatable bonds is 5. The second-order valence-corrected chi connectivity index (χ2v) is 8.48. The van der Waals surface area contributed by atoms with E-state index in [0.717, 1.165) is 17.6 Å². The van der Waals surface area contributed by atoms with Gasteiger partial charge in [0.15, 0.2) is 5.65 Å². The van der Waals surface area contributed by atoms with Crippen LogP contribution in [0.5, 0.6) is 0 Å². The summed E-state index contributed by atoms with van der Waals surface area (Å²) in [5.41, 5.74) is 2.56. The van der Waals surface area contributed by atoms with Crippen LogP contribution in [0.3, 0.4) is 0 Å². The Hall–Kier alpha value is -2.94. The SMILES string of the molecule is Cc1ccc(NS(C)(=O)=O)c(C(=O)Nc2ccc3nnc(C(C)C)n3c2)c1. The van der Waals surface area contributed by atoms with Crippen LogP contribution in [0.1, 0.15) is 41.5 Å². The zero-order chi connectivity index (χ0) is 19.8. The van der Waals surface area contributed by atoms with Gasteiger partial charge in [-0.15, -0.1) is 10.2 Å². The molecule has 8 nitrogen and oxygen atoms in total. The third-order valence-electron chi connectivity index (χ3n) is 3.92. The van der Waals surface area contributed by atoms with E-state index >= 15 is 0 Å². The summed E-state index contributed by atoms with van der Waals surface area (Å²) < 4.78 is 27.4. The summed E-state index contributed by atoms with van der Waals surface area (Å²) in [6, 6.07) is 8.44. The molecule has 1 aromatic carbocycles. The average Bonchev–Trinajstić information content (AvgIpc) is 2.98. The molecule has 2 aromatic heterocycles. The van der Waals surface area contributed by atoms with E-state index in [-0.39, 0.29) is 17.2 Å². The molecular formula is C18H21N5O3S. The van der Waals surface area contributed by atoms with Gasteiger partial charge in [-0.05, 0) is 31.2 Å². The average molecular weight is 387 g/mol. The molecule has 0 aliphatic carbocycles. The molecule has 0 radical (unpaired) electrons. The number of carbonyl (C=O) groups is 1. The first kappa shape index (κ1) is 18.8. The maximum atomic E-state index is 12.8. The summed E-state index contributed by atoms with van der Waals surface area (Å²) in [6.07, 6.45) is 2.80. The van der Waals surface area contributed by atoms with Gasteiger partial charge in [0.05, 0.1) is 23.2 Å². The maximum Gasteiger partial charge on any atom is 0.257 e. The number of carbonyl (C=O) groups excluding carboxylic acids is 1. The van der Waals surface area contributed by atoms with Crippen LogP contribution in [0.25, 0.3) is 5.65 Å². The van der Waals surface area contributed by atoms with Crippen molar-refractivity contribution in [3.8, 4) is 0 Å². The molecule has 3 aromatic rings. The second-order valence-electron chi connectivity index (χ2n) is 6.74. The monoisotopic (exact) mass is 387 g/mol. The Bertz CT molecular complexity index is 1120. The molecule has 1 amide bonds. The van der Waals surface area contributed by atoms with E-state index in [4.69, 9.17) is 0 Å². The van der Waals surface area contributed by atoms with Crippen LogP contribution in [0.2, 0.25) is 0 Å². The van der Waals surface area contributed by atoms with Crippen LogP contribution in [0.15, 0.2) is 36.5 Å². The molecule has 0 aliphatic rings. The Balaban J connectivity index is 1.95. The van der Waals surface area contributed by atoms with Crippen molar-refractivity contribution in [3.05, 3.63) is 53.5 Å². The molecule has 9 heteroatoms. The van der Waals surface area contributed by atoms with Gasteiger partial charge in [-0.3, -0.25) is 13.9 Å². The summed E-state index contributed by atoms with van der Waals surface area (Å²) in [7, 11) is -3.51. The van der Waals surface area contributed by atoms with Crippen molar-refractivity contribution in [2.45, 2.75) is 26.7 Å². The first-order valence-electron chi connectivity index (χ1n) is 8.38. The van der Waals surface area contributed by atoms with Gasteiger partial charge in [0.2, 0.25) is 10.0 Å². The summed E-state index contributed by atoms with van der Waals surface area (Å²) in [4.78, 5) is 12.8. The highest BCUT2D eigenvalue weighted by Crippen LogP contribution is 2.21. The lowest BCUT2D eigenvalue weighted by molar-refractivity contribution is 0.102. The van der Waals surface area contributed by atoms with Gasteiger partial charge in [0.25, 0.3) is 5.91 Å². The van der Waals surface area contributed by atoms with E-state index in [1.165, 1.54) is 0 Å². The highest BCUT2D eigenvalue weighted by molar-refractivity contribution is 7.92. The van der Waals surface area contributed by atoms with Crippen LogP contribution in [0, 0.1) is 6.92 Å². The molecule has 27 heavy (non-hydrogen) atoms. The molecule has 0 fully saturated rings. The highest BCUT2D eigenvalue weighted by Gasteiger charge is 2.16. The zero-order valence-electron chi connectivity index (χ0n) is 15.5. The fourth-order valence-electron chi connectivity index (χ4n) is 2.71. The smallest absolute Gasteiger partial charge is 0.257 e. The predicted molar refractivity (Wildman–Crippen MR) is 105 cm³/mol. The van der Waals surface area contributed by atoms with E-state index in [2.05, 4.69) is 20.2 Å². The fourth-order valence-corrected chi connectivity index (χ4v) is 3.29. The van der Waals surface area contributed by atoms with E-state index in [1.54, 1.807) is 36.5 Å². The summed E-state index contributed by atoms with van der Waals surface area (Å²) in [5.74, 6) is 0.549. The molecule has 2 N–H and O–H groups in total. The quantitative estimate of drug-likeness (QED) is 0.700. The summed E-state index contributed by atoms with van der Waals surface area (Å²) in [6.45, 7) is 5.86. The third kappa shape index (κ3) is 4.25. The highest BCUT2D eigenvalue weighted by atomic mass is 32.2. The first-order chi connectivity index (χ1) is 12.6. The van der Waals surface area contributed by atoms with Crippen molar-refractivity contribution in [3.63, 3.8) is 0 Å². The number of aromatic nitrogens is 3. The fraction of sp³-hybridized carbons (Fsp3) is 0.278. The number of fused-ring (bicyclic) bond motifs is 1. The predicted octanol–water partition coefficient (Wildman–Crippen LogP) is 2.78. The summed E-state index contributed by atoms with van der Waals surface area (Å²) >= 11 is 0. The summed E-state index contributed by atoms with van der Waals surface area (Å²) in [5, 5.41) is 11.1. The van der Waals surface area contributed by atoms with Crippen molar-refractivity contribution in [1.29, 1.82) is 0 Å². The Morgan fingerprint density at radius 2 is 1.89 bits per heavy atom. The van der Waals surface area contributed by atoms with E-state index in [9.17, 15) is 13.2 Å². The molecule has 0 bridgehead atoms. The molecule has 0 aliphatic heterocycles. The van der Waals surface area contributed by atoms with Crippen LogP contribution < -0.4 is 10.0 Å². The third-order valence-corrected chi connectivity index (χ3v) is 4.51. The molecular weight excluding hydrogens is 366 g/mol. The van der Waals surface area contributed by atoms with Crippen LogP contribution in [-0.2, 0) is 10.0 Å². The van der Waals surface area contributed by atoms with Gasteiger partial charge < -0.3 is 5.32 Å². The number of nitrogens with zero attached hydrogens (tertiary/aromatic N) is 3. The van der Waals surface area contributed by atoms with Gasteiger partial charge >= 0.3 is 0 Å². The number of pyridine rings is 1. The number of benzene rings is 1. The molecule has 3 rings (SSSR count). The minimum Gasteiger partial charge on any atom is -0.321 e. The van der Waals surface area contributed by atoms with Crippen molar-refractivity contribution >= 4 is 33.0 Å². The molecule has 2 heterocycles. The molecule has 142 valence electrons. The standard InChI is InChI=1S/C18H21N5O3S/c1-11(2)17-21-20-16-8-6-13(10-23(16)17)19-18(24)14-9-12(3)5-7-15(14)22-27(4,25)26/h5-11,22H,1-4H3,(H,19,24). The van der Waals surface area contributed by atoms with Gasteiger partial charge in [-0.1, -0.05) is 25.5 Å². The van der Waals surface area contributed by atoms with E-state index < -0.39 is 15.9 Å². The lowest BCUT2D eigenvalue weighted by atomic mass is 10.1. The molecule has 0 atom stereocenters. The van der Waals surface area contributed by atoms with Crippen LogP contribution in [0.4, 0.5) is 11.4 Å². The Morgan fingerprint density at radius 3 is 2.56 bits per heavy atom. The number of sulfonamides is 1. The lowest BCUT2D eigenvalue weighted by Gasteiger charge is -2.12. The van der Waals surface area contributed by atoms with Crippen LogP contribution in [-0.4, -0.2) is 35.2 Å². The Kier molecular flexibility index (Phi) is 4.88. The molecule has 0 unspecified atom stereocenters. The van der Waals surface area contributed by atoms with Crippen molar-refractivity contribution < 1.29 is 13.2 Å². The molecule has 0 saturated heterocycles. The molecule has 0 spiro atoms. The van der Waals surface area contributed by atoms with Crippen molar-refractivity contribution in [1.82, 2.24) is 14.6 Å². The van der Waals surface area contributed by atoms with E-state index in [1.807, 2.05) is 25.2 Å². The van der Waals surface area contributed by atoms with Crippen LogP contribution >= 0.6 is 0 Å². The first-order valence-corrected chi connectivity index (χ1v) is 10.3.